The van der Waals surface area contributed by atoms with Crippen LogP contribution in [0.3, 0.4) is 0 Å². The van der Waals surface area contributed by atoms with Gasteiger partial charge in [0.15, 0.2) is 24.2 Å². The Kier molecular flexibility index (Phi) is 23.6. The molecule has 628 valence electrons. The van der Waals surface area contributed by atoms with E-state index >= 15 is 0 Å². The largest absolute Gasteiger partial charge is 0.309 e. The Hall–Kier alpha value is -15.5. The van der Waals surface area contributed by atoms with E-state index in [1.54, 1.807) is 0 Å². The topological polar surface area (TPSA) is 14.3 Å². The SMILES string of the molecule is Cc1cc([Si](c2ccccc2)(c2ccccc2)c2ccccc2)cc([Si](c2ccccc2)(c2ccccc2)c2ccccc2)c1.Cc1cc2c3ccccc3n3c4ccccc4c(c1)c23.Cc1ccc([Si](c2ccccc2)(c2ccccc2)c2ccccc2)cc1.Cc1ccc2c(c1)c1ccccc1n2-c1ccccc1.Cc1cccc(-n2c3ccccc3c3ccccc32)c1. The fraction of sp³-hybridized carbons (Fsp3) is 0.0400. The maximum absolute atomic E-state index is 2.72. The highest BCUT2D eigenvalue weighted by atomic mass is 28.3. The molecule has 0 aliphatic rings. The van der Waals surface area contributed by atoms with Gasteiger partial charge in [-0.05, 0) is 187 Å². The van der Waals surface area contributed by atoms with E-state index in [0.717, 1.165) is 0 Å². The predicted molar refractivity (Wildman–Crippen MR) is 570 cm³/mol. The molecule has 0 aliphatic heterocycles. The van der Waals surface area contributed by atoms with E-state index in [1.165, 1.54) is 183 Å². The molecule has 0 unspecified atom stereocenters. The smallest absolute Gasteiger partial charge is 0.179 e. The van der Waals surface area contributed by atoms with Crippen LogP contribution < -0.4 is 62.2 Å². The Balaban J connectivity index is 0.000000107. The van der Waals surface area contributed by atoms with E-state index in [9.17, 15) is 0 Å². The normalized spacial score (nSPS) is 11.5. The molecule has 24 aromatic rings. The predicted octanol–water partition coefficient (Wildman–Crippen LogP) is 23.5. The van der Waals surface area contributed by atoms with Gasteiger partial charge in [0.25, 0.3) is 0 Å². The maximum Gasteiger partial charge on any atom is 0.179 e. The average Bonchev–Trinajstić information content (AvgIpc) is 1.44. The van der Waals surface area contributed by atoms with Crippen molar-refractivity contribution >= 4 is 168 Å². The van der Waals surface area contributed by atoms with E-state index in [1.807, 2.05) is 0 Å². The standard InChI is InChI=1S/C43H36Si2.C25H22Si.C19H13N.2C19H15N/c1-35-32-42(44(36-20-8-2-9-21-36,37-22-10-3-11-23-37)38-24-12-4-13-25-38)34-43(33-35)45(39-26-14-5-15-27-39,40-28-16-6-17-29-40)41-30-18-7-19-31-41;1-21-17-19-25(20-18-21)26(22-11-5-2-6-12-22,23-13-7-3-8-14-23)24-15-9-4-10-16-24;1-12-10-15-13-6-2-4-8-17(13)20-18-9-5-3-7-14(18)16(11-12)19(15)20;1-14-7-6-8-15(13-14)20-18-11-4-2-9-16(18)17-10-3-5-12-19(17)20;1-14-11-12-19-17(13-14)16-9-5-6-10-18(16)20(19)15-7-3-2-4-8-15/h2-34H,1H3;2-20H,1H3;2-11H,1H3;2*2-13H,1H3. The average molecular weight is 1730 g/mol. The third-order valence-electron chi connectivity index (χ3n) is 26.3. The van der Waals surface area contributed by atoms with Crippen LogP contribution in [0.4, 0.5) is 0 Å². The lowest BCUT2D eigenvalue weighted by atomic mass is 10.1. The zero-order chi connectivity index (χ0) is 88.7. The highest BCUT2D eigenvalue weighted by Crippen LogP contribution is 2.40. The summed E-state index contributed by atoms with van der Waals surface area (Å²) in [5.41, 5.74) is 18.0. The summed E-state index contributed by atoms with van der Waals surface area (Å²) in [4.78, 5) is 0. The zero-order valence-electron chi connectivity index (χ0n) is 74.5. The number of hydrogen-bond acceptors (Lipinski definition) is 0. The number of rotatable bonds is 14. The van der Waals surface area contributed by atoms with E-state index in [-0.39, 0.29) is 0 Å². The highest BCUT2D eigenvalue weighted by molar-refractivity contribution is 7.22. The molecule has 6 heteroatoms. The molecule has 0 saturated carbocycles. The summed E-state index contributed by atoms with van der Waals surface area (Å²) in [6.07, 6.45) is 0. The number of fused-ring (bicyclic) bond motifs is 12. The van der Waals surface area contributed by atoms with Gasteiger partial charge < -0.3 is 13.5 Å². The summed E-state index contributed by atoms with van der Waals surface area (Å²) >= 11 is 0. The second-order valence-electron chi connectivity index (χ2n) is 34.5. The van der Waals surface area contributed by atoms with Crippen molar-refractivity contribution in [1.82, 2.24) is 13.5 Å². The van der Waals surface area contributed by atoms with Gasteiger partial charge >= 0.3 is 0 Å². The van der Waals surface area contributed by atoms with Gasteiger partial charge in [0, 0.05) is 54.5 Å². The van der Waals surface area contributed by atoms with Crippen LogP contribution >= 0.6 is 0 Å². The number of hydrogen-bond donors (Lipinski definition) is 0. The summed E-state index contributed by atoms with van der Waals surface area (Å²) in [5, 5.41) is 27.6. The van der Waals surface area contributed by atoms with Crippen LogP contribution in [-0.4, -0.2) is 37.8 Å². The second kappa shape index (κ2) is 37.0. The molecule has 0 spiro atoms. The van der Waals surface area contributed by atoms with Gasteiger partial charge in [-0.1, -0.05) is 460 Å². The lowest BCUT2D eigenvalue weighted by Crippen LogP contribution is -2.78. The van der Waals surface area contributed by atoms with Gasteiger partial charge in [-0.25, -0.2) is 0 Å². The number of nitrogens with zero attached hydrogens (tertiary/aromatic N) is 3. The number of para-hydroxylation sites is 6. The van der Waals surface area contributed by atoms with Crippen LogP contribution in [0.15, 0.2) is 522 Å². The van der Waals surface area contributed by atoms with E-state index in [2.05, 4.69) is 570 Å². The Bertz CT molecular complexity index is 7460. The van der Waals surface area contributed by atoms with E-state index < -0.39 is 24.2 Å². The minimum atomic E-state index is -2.72. The Morgan fingerprint density at radius 1 is 0.137 bits per heavy atom. The monoisotopic (exact) mass is 1730 g/mol. The van der Waals surface area contributed by atoms with Gasteiger partial charge in [-0.15, -0.1) is 0 Å². The molecule has 4 aromatic heterocycles. The zero-order valence-corrected chi connectivity index (χ0v) is 77.5. The lowest BCUT2D eigenvalue weighted by molar-refractivity contribution is 1.17. The van der Waals surface area contributed by atoms with Crippen molar-refractivity contribution in [2.24, 2.45) is 0 Å². The molecule has 0 bridgehead atoms. The fourth-order valence-corrected chi connectivity index (χ4v) is 35.4. The molecule has 0 atom stereocenters. The summed E-state index contributed by atoms with van der Waals surface area (Å²) in [6.45, 7) is 10.9. The minimum Gasteiger partial charge on any atom is -0.309 e. The Morgan fingerprint density at radius 2 is 0.374 bits per heavy atom. The van der Waals surface area contributed by atoms with Crippen LogP contribution in [0.1, 0.15) is 27.8 Å². The molecule has 0 radical (unpaired) electrons. The van der Waals surface area contributed by atoms with Crippen LogP contribution in [0.5, 0.6) is 0 Å². The molecule has 20 aromatic carbocycles. The summed E-state index contributed by atoms with van der Waals surface area (Å²) < 4.78 is 7.09. The van der Waals surface area contributed by atoms with Gasteiger partial charge in [-0.3, -0.25) is 0 Å². The molecule has 3 nitrogen and oxygen atoms in total. The summed E-state index contributed by atoms with van der Waals surface area (Å²) in [7, 11) is -7.77. The third kappa shape index (κ3) is 15.6. The van der Waals surface area contributed by atoms with Crippen molar-refractivity contribution in [3.63, 3.8) is 0 Å². The molecule has 0 N–H and O–H groups in total. The van der Waals surface area contributed by atoms with Crippen LogP contribution in [-0.2, 0) is 0 Å². The van der Waals surface area contributed by atoms with E-state index in [4.69, 9.17) is 0 Å². The Morgan fingerprint density at radius 3 is 0.718 bits per heavy atom. The van der Waals surface area contributed by atoms with Gasteiger partial charge in [0.1, 0.15) is 0 Å². The van der Waals surface area contributed by atoms with Crippen molar-refractivity contribution in [3.8, 4) is 11.4 Å². The van der Waals surface area contributed by atoms with Gasteiger partial charge in [0.05, 0.1) is 38.6 Å². The molecule has 131 heavy (non-hydrogen) atoms. The molecule has 0 saturated heterocycles. The first kappa shape index (κ1) is 83.7. The molecular formula is C125H101N3Si3. The van der Waals surface area contributed by atoms with Crippen LogP contribution in [0.2, 0.25) is 0 Å². The molecule has 0 amide bonds. The van der Waals surface area contributed by atoms with Crippen LogP contribution in [0, 0.1) is 34.6 Å². The number of benzene rings is 20. The Labute approximate surface area is 771 Å². The number of aryl methyl sites for hydroxylation is 5. The molecule has 24 rings (SSSR count). The first-order valence-corrected chi connectivity index (χ1v) is 51.5. The molecule has 4 heterocycles. The first-order valence-electron chi connectivity index (χ1n) is 45.5. The molecule has 0 aliphatic carbocycles. The van der Waals surface area contributed by atoms with Gasteiger partial charge in [-0.2, -0.15) is 0 Å². The van der Waals surface area contributed by atoms with Crippen molar-refractivity contribution in [2.45, 2.75) is 34.6 Å². The summed E-state index contributed by atoms with van der Waals surface area (Å²) in [5.74, 6) is 0. The third-order valence-corrected chi connectivity index (χ3v) is 40.6. The highest BCUT2D eigenvalue weighted by Gasteiger charge is 2.46. The van der Waals surface area contributed by atoms with Gasteiger partial charge in [0.2, 0.25) is 0 Å². The minimum absolute atomic E-state index is 1.21. The van der Waals surface area contributed by atoms with Crippen LogP contribution in [0.25, 0.3) is 93.1 Å². The second-order valence-corrected chi connectivity index (χ2v) is 45.9. The fourth-order valence-electron chi connectivity index (χ4n) is 20.7. The first-order chi connectivity index (χ1) is 64.6. The van der Waals surface area contributed by atoms with E-state index in [0.29, 0.717) is 0 Å². The van der Waals surface area contributed by atoms with Crippen molar-refractivity contribution < 1.29 is 0 Å². The maximum atomic E-state index is 2.60. The molecular weight excluding hydrogens is 1630 g/mol. The number of aromatic nitrogens is 3. The van der Waals surface area contributed by atoms with Crippen molar-refractivity contribution in [1.29, 1.82) is 0 Å². The molecule has 0 fully saturated rings. The summed E-state index contributed by atoms with van der Waals surface area (Å²) in [6, 6.07) is 191. The van der Waals surface area contributed by atoms with Crippen molar-refractivity contribution in [2.75, 3.05) is 0 Å². The quantitative estimate of drug-likeness (QED) is 0.0761. The lowest BCUT2D eigenvalue weighted by Gasteiger charge is -2.38. The van der Waals surface area contributed by atoms with Crippen molar-refractivity contribution in [3.05, 3.63) is 550 Å².